The second kappa shape index (κ2) is 8.48. The van der Waals surface area contributed by atoms with Gasteiger partial charge in [0.1, 0.15) is 5.60 Å². The molecule has 0 saturated heterocycles. The van der Waals surface area contributed by atoms with Crippen LogP contribution < -0.4 is 5.32 Å². The van der Waals surface area contributed by atoms with Crippen molar-refractivity contribution in [2.45, 2.75) is 53.6 Å². The Morgan fingerprint density at radius 3 is 2.38 bits per heavy atom. The highest BCUT2D eigenvalue weighted by Gasteiger charge is 2.13. The van der Waals surface area contributed by atoms with Crippen molar-refractivity contribution < 1.29 is 14.3 Å². The molecule has 0 aliphatic rings. The topological polar surface area (TPSA) is 55.4 Å². The van der Waals surface area contributed by atoms with Crippen LogP contribution >= 0.6 is 0 Å². The molecule has 4 nitrogen and oxygen atoms in total. The lowest BCUT2D eigenvalue weighted by atomic mass is 10.0. The number of carbonyl (C=O) groups excluding carboxylic acids is 2. The fourth-order valence-electron chi connectivity index (χ4n) is 2.01. The van der Waals surface area contributed by atoms with Gasteiger partial charge in [-0.3, -0.25) is 4.79 Å². The van der Waals surface area contributed by atoms with E-state index in [1.165, 1.54) is 18.6 Å². The number of hydrogen-bond acceptors (Lipinski definition) is 3. The van der Waals surface area contributed by atoms with Crippen LogP contribution in [0.25, 0.3) is 6.08 Å². The van der Waals surface area contributed by atoms with E-state index >= 15 is 0 Å². The normalized spacial score (nSPS) is 11.2. The molecule has 0 atom stereocenters. The summed E-state index contributed by atoms with van der Waals surface area (Å²) in [6.07, 6.45) is 5.95. The predicted molar refractivity (Wildman–Crippen MR) is 98.8 cm³/mol. The summed E-state index contributed by atoms with van der Waals surface area (Å²) in [5.41, 5.74) is 3.36. The van der Waals surface area contributed by atoms with Crippen molar-refractivity contribution in [3.63, 3.8) is 0 Å². The summed E-state index contributed by atoms with van der Waals surface area (Å²) in [4.78, 5) is 23.1. The Morgan fingerprint density at radius 2 is 1.83 bits per heavy atom. The van der Waals surface area contributed by atoms with Crippen molar-refractivity contribution in [1.29, 1.82) is 0 Å². The highest BCUT2D eigenvalue weighted by Crippen LogP contribution is 2.20. The molecule has 1 rings (SSSR count). The average Bonchev–Trinajstić information content (AvgIpc) is 2.42. The van der Waals surface area contributed by atoms with E-state index in [-0.39, 0.29) is 11.9 Å². The minimum absolute atomic E-state index is 0.106. The first-order valence-electron chi connectivity index (χ1n) is 8.02. The Balaban J connectivity index is 3.00. The van der Waals surface area contributed by atoms with E-state index in [1.54, 1.807) is 6.08 Å². The Bertz CT molecular complexity index is 660. The molecule has 24 heavy (non-hydrogen) atoms. The van der Waals surface area contributed by atoms with Gasteiger partial charge in [-0.1, -0.05) is 17.7 Å². The molecule has 0 aliphatic carbocycles. The van der Waals surface area contributed by atoms with Crippen molar-refractivity contribution >= 4 is 23.6 Å². The summed E-state index contributed by atoms with van der Waals surface area (Å²) in [6.45, 7) is 11.0. The molecule has 130 valence electrons. The molecule has 0 fully saturated rings. The molecule has 1 N–H and O–H groups in total. The van der Waals surface area contributed by atoms with Crippen molar-refractivity contribution in [2.24, 2.45) is 0 Å². The Morgan fingerprint density at radius 1 is 1.17 bits per heavy atom. The number of anilines is 1. The van der Waals surface area contributed by atoms with Gasteiger partial charge in [-0.25, -0.2) is 4.79 Å². The minimum atomic E-state index is -0.509. The summed E-state index contributed by atoms with van der Waals surface area (Å²) in [6, 6.07) is 5.67. The molecule has 0 radical (unpaired) electrons. The number of nitrogens with one attached hydrogen (secondary N) is 1. The standard InChI is InChI=1S/C20H27NO3/c1-14(2)7-10-17-13-16(8-11-18(17)21-15(3)22)9-12-19(23)24-20(4,5)6/h7-9,11-13H,10H2,1-6H3,(H,21,22)/b12-9+. The van der Waals surface area contributed by atoms with Gasteiger partial charge in [0.05, 0.1) is 0 Å². The number of hydrogen-bond donors (Lipinski definition) is 1. The van der Waals surface area contributed by atoms with Gasteiger partial charge in [0, 0.05) is 18.7 Å². The Labute approximate surface area is 144 Å². The van der Waals surface area contributed by atoms with E-state index in [2.05, 4.69) is 11.4 Å². The van der Waals surface area contributed by atoms with E-state index in [4.69, 9.17) is 4.74 Å². The highest BCUT2D eigenvalue weighted by atomic mass is 16.6. The molecule has 0 bridgehead atoms. The van der Waals surface area contributed by atoms with Gasteiger partial charge in [0.25, 0.3) is 0 Å². The molecular weight excluding hydrogens is 302 g/mol. The second-order valence-corrected chi connectivity index (χ2v) is 6.95. The number of allylic oxidation sites excluding steroid dienone is 2. The highest BCUT2D eigenvalue weighted by molar-refractivity contribution is 5.90. The number of benzene rings is 1. The van der Waals surface area contributed by atoms with E-state index in [1.807, 2.05) is 52.8 Å². The third-order valence-electron chi connectivity index (χ3n) is 2.99. The van der Waals surface area contributed by atoms with Crippen LogP contribution in [0.1, 0.15) is 52.7 Å². The Kier molecular flexibility index (Phi) is 6.96. The van der Waals surface area contributed by atoms with Crippen LogP contribution in [0.3, 0.4) is 0 Å². The van der Waals surface area contributed by atoms with Crippen LogP contribution in [0.15, 0.2) is 35.9 Å². The largest absolute Gasteiger partial charge is 0.457 e. The van der Waals surface area contributed by atoms with Crippen molar-refractivity contribution in [3.05, 3.63) is 47.1 Å². The molecule has 1 amide bonds. The van der Waals surface area contributed by atoms with Gasteiger partial charge in [0.2, 0.25) is 5.91 Å². The minimum Gasteiger partial charge on any atom is -0.457 e. The van der Waals surface area contributed by atoms with E-state index < -0.39 is 5.60 Å². The van der Waals surface area contributed by atoms with Gasteiger partial charge >= 0.3 is 5.97 Å². The summed E-state index contributed by atoms with van der Waals surface area (Å²) >= 11 is 0. The van der Waals surface area contributed by atoms with Crippen LogP contribution in [-0.2, 0) is 20.7 Å². The van der Waals surface area contributed by atoms with E-state index in [9.17, 15) is 9.59 Å². The van der Waals surface area contributed by atoms with Gasteiger partial charge in [-0.05, 0) is 70.4 Å². The first kappa shape index (κ1) is 19.7. The lowest BCUT2D eigenvalue weighted by Crippen LogP contribution is -2.22. The zero-order chi connectivity index (χ0) is 18.3. The third-order valence-corrected chi connectivity index (χ3v) is 2.99. The smallest absolute Gasteiger partial charge is 0.331 e. The van der Waals surface area contributed by atoms with Crippen molar-refractivity contribution in [2.75, 3.05) is 5.32 Å². The zero-order valence-electron chi connectivity index (χ0n) is 15.4. The average molecular weight is 329 g/mol. The zero-order valence-corrected chi connectivity index (χ0v) is 15.4. The number of amides is 1. The van der Waals surface area contributed by atoms with Crippen molar-refractivity contribution in [3.8, 4) is 0 Å². The first-order chi connectivity index (χ1) is 11.1. The first-order valence-corrected chi connectivity index (χ1v) is 8.02. The van der Waals surface area contributed by atoms with Crippen molar-refractivity contribution in [1.82, 2.24) is 0 Å². The Hall–Kier alpha value is -2.36. The molecular formula is C20H27NO3. The van der Waals surface area contributed by atoms with Crippen LogP contribution in [0, 0.1) is 0 Å². The van der Waals surface area contributed by atoms with Crippen LogP contribution in [-0.4, -0.2) is 17.5 Å². The van der Waals surface area contributed by atoms with Crippen LogP contribution in [0.4, 0.5) is 5.69 Å². The quantitative estimate of drug-likeness (QED) is 0.491. The lowest BCUT2D eigenvalue weighted by Gasteiger charge is -2.17. The molecule has 1 aromatic carbocycles. The maximum Gasteiger partial charge on any atom is 0.331 e. The van der Waals surface area contributed by atoms with Crippen LogP contribution in [0.2, 0.25) is 0 Å². The molecule has 0 heterocycles. The third kappa shape index (κ3) is 7.77. The second-order valence-electron chi connectivity index (χ2n) is 6.95. The molecule has 0 saturated carbocycles. The van der Waals surface area contributed by atoms with Gasteiger partial charge in [-0.2, -0.15) is 0 Å². The number of esters is 1. The molecule has 0 unspecified atom stereocenters. The fourth-order valence-corrected chi connectivity index (χ4v) is 2.01. The van der Waals surface area contributed by atoms with E-state index in [0.717, 1.165) is 16.8 Å². The summed E-state index contributed by atoms with van der Waals surface area (Å²) in [7, 11) is 0. The maximum atomic E-state index is 11.8. The lowest BCUT2D eigenvalue weighted by molar-refractivity contribution is -0.148. The number of carbonyl (C=O) groups is 2. The van der Waals surface area contributed by atoms with Gasteiger partial charge < -0.3 is 10.1 Å². The molecule has 0 spiro atoms. The van der Waals surface area contributed by atoms with Gasteiger partial charge in [0.15, 0.2) is 0 Å². The van der Waals surface area contributed by atoms with Crippen LogP contribution in [0.5, 0.6) is 0 Å². The fraction of sp³-hybridized carbons (Fsp3) is 0.400. The number of ether oxygens (including phenoxy) is 1. The maximum absolute atomic E-state index is 11.8. The molecule has 1 aromatic rings. The molecule has 4 heteroatoms. The summed E-state index contributed by atoms with van der Waals surface area (Å²) in [5, 5.41) is 2.84. The summed E-state index contributed by atoms with van der Waals surface area (Å²) < 4.78 is 5.25. The number of rotatable bonds is 5. The summed E-state index contributed by atoms with van der Waals surface area (Å²) in [5.74, 6) is -0.482. The predicted octanol–water partition coefficient (Wildman–Crippen LogP) is 4.51. The van der Waals surface area contributed by atoms with E-state index in [0.29, 0.717) is 6.42 Å². The SMILES string of the molecule is CC(=O)Nc1ccc(/C=C/C(=O)OC(C)(C)C)cc1CC=C(C)C. The molecule has 0 aromatic heterocycles. The van der Waals surface area contributed by atoms with Gasteiger partial charge in [-0.15, -0.1) is 0 Å². The monoisotopic (exact) mass is 329 g/mol. The molecule has 0 aliphatic heterocycles.